The van der Waals surface area contributed by atoms with Gasteiger partial charge >= 0.3 is 6.18 Å². The molecule has 7 heteroatoms. The molecule has 3 aromatic rings. The molecule has 0 atom stereocenters. The van der Waals surface area contributed by atoms with E-state index in [0.717, 1.165) is 22.8 Å². The van der Waals surface area contributed by atoms with Crippen LogP contribution < -0.4 is 10.6 Å². The molecule has 0 aliphatic carbocycles. The van der Waals surface area contributed by atoms with Crippen molar-refractivity contribution in [2.24, 2.45) is 5.73 Å². The maximum atomic E-state index is 13.4. The van der Waals surface area contributed by atoms with Gasteiger partial charge in [0, 0.05) is 32.4 Å². The van der Waals surface area contributed by atoms with Gasteiger partial charge in [-0.15, -0.1) is 0 Å². The van der Waals surface area contributed by atoms with Gasteiger partial charge in [0.05, 0.1) is 11.1 Å². The van der Waals surface area contributed by atoms with Crippen molar-refractivity contribution in [3.05, 3.63) is 70.9 Å². The largest absolute Gasteiger partial charge is 0.416 e. The number of nitriles is 1. The lowest BCUT2D eigenvalue weighted by Crippen LogP contribution is -2.12. The van der Waals surface area contributed by atoms with Crippen LogP contribution >= 0.6 is 0 Å². The van der Waals surface area contributed by atoms with E-state index in [9.17, 15) is 18.4 Å². The van der Waals surface area contributed by atoms with Crippen LogP contribution in [0.25, 0.3) is 22.3 Å². The summed E-state index contributed by atoms with van der Waals surface area (Å²) in [6.07, 6.45) is -2.81. The number of hydrogen-bond donors (Lipinski definition) is 1. The lowest BCUT2D eigenvalue weighted by atomic mass is 9.93. The van der Waals surface area contributed by atoms with Crippen molar-refractivity contribution >= 4 is 5.82 Å². The highest BCUT2D eigenvalue weighted by molar-refractivity contribution is 5.77. The summed E-state index contributed by atoms with van der Waals surface area (Å²) in [7, 11) is 3.61. The minimum absolute atomic E-state index is 0.0562. The van der Waals surface area contributed by atoms with Gasteiger partial charge in [-0.25, -0.2) is 4.98 Å². The number of aryl methyl sites for hydroxylation is 1. The first-order valence-corrected chi connectivity index (χ1v) is 9.24. The van der Waals surface area contributed by atoms with Crippen LogP contribution in [-0.4, -0.2) is 19.1 Å². The first kappa shape index (κ1) is 21.3. The van der Waals surface area contributed by atoms with Crippen molar-refractivity contribution in [3.8, 4) is 28.3 Å². The molecule has 30 heavy (non-hydrogen) atoms. The van der Waals surface area contributed by atoms with Crippen molar-refractivity contribution < 1.29 is 13.2 Å². The van der Waals surface area contributed by atoms with Crippen LogP contribution in [-0.2, 0) is 12.7 Å². The maximum absolute atomic E-state index is 13.4. The Morgan fingerprint density at radius 3 is 2.30 bits per heavy atom. The molecular formula is C23H21F3N4. The van der Waals surface area contributed by atoms with Gasteiger partial charge in [0.25, 0.3) is 0 Å². The highest BCUT2D eigenvalue weighted by atomic mass is 19.4. The molecule has 0 radical (unpaired) electrons. The molecule has 0 aliphatic heterocycles. The minimum atomic E-state index is -4.48. The Morgan fingerprint density at radius 1 is 1.03 bits per heavy atom. The van der Waals surface area contributed by atoms with Gasteiger partial charge in [0.15, 0.2) is 0 Å². The van der Waals surface area contributed by atoms with Crippen molar-refractivity contribution in [2.75, 3.05) is 19.0 Å². The number of benzene rings is 2. The van der Waals surface area contributed by atoms with E-state index < -0.39 is 11.7 Å². The summed E-state index contributed by atoms with van der Waals surface area (Å²) < 4.78 is 40.3. The summed E-state index contributed by atoms with van der Waals surface area (Å²) in [5.74, 6) is 0.558. The first-order valence-electron chi connectivity index (χ1n) is 9.24. The number of rotatable bonds is 4. The zero-order valence-electron chi connectivity index (χ0n) is 16.9. The van der Waals surface area contributed by atoms with E-state index in [2.05, 4.69) is 11.1 Å². The van der Waals surface area contributed by atoms with E-state index in [1.165, 1.54) is 6.07 Å². The molecule has 0 fully saturated rings. The first-order chi connectivity index (χ1) is 14.2. The van der Waals surface area contributed by atoms with Gasteiger partial charge in [0.2, 0.25) is 0 Å². The van der Waals surface area contributed by atoms with Crippen LogP contribution in [0.4, 0.5) is 19.0 Å². The Morgan fingerprint density at radius 2 is 1.70 bits per heavy atom. The van der Waals surface area contributed by atoms with Gasteiger partial charge in [-0.1, -0.05) is 24.3 Å². The Kier molecular flexibility index (Phi) is 5.81. The summed E-state index contributed by atoms with van der Waals surface area (Å²) in [4.78, 5) is 6.13. The number of halogens is 3. The molecule has 0 bridgehead atoms. The van der Waals surface area contributed by atoms with Gasteiger partial charge < -0.3 is 10.6 Å². The van der Waals surface area contributed by atoms with E-state index >= 15 is 0 Å². The molecule has 2 N–H and O–H groups in total. The van der Waals surface area contributed by atoms with Crippen LogP contribution in [0, 0.1) is 18.3 Å². The Hall–Kier alpha value is -3.37. The third-order valence-corrected chi connectivity index (χ3v) is 4.93. The number of hydrogen-bond acceptors (Lipinski definition) is 4. The van der Waals surface area contributed by atoms with Crippen molar-refractivity contribution in [2.45, 2.75) is 19.6 Å². The van der Waals surface area contributed by atoms with E-state index in [1.54, 1.807) is 43.4 Å². The molecular weight excluding hydrogens is 389 g/mol. The number of aromatic nitrogens is 1. The summed E-state index contributed by atoms with van der Waals surface area (Å²) in [5, 5.41) is 9.46. The summed E-state index contributed by atoms with van der Waals surface area (Å²) in [5.41, 5.74) is 8.77. The fourth-order valence-electron chi connectivity index (χ4n) is 3.35. The van der Waals surface area contributed by atoms with Crippen LogP contribution in [0.1, 0.15) is 22.3 Å². The number of nitrogens with zero attached hydrogens (tertiary/aromatic N) is 3. The van der Waals surface area contributed by atoms with Gasteiger partial charge in [-0.2, -0.15) is 18.4 Å². The van der Waals surface area contributed by atoms with Crippen LogP contribution in [0.15, 0.2) is 48.7 Å². The van der Waals surface area contributed by atoms with Crippen LogP contribution in [0.3, 0.4) is 0 Å². The van der Waals surface area contributed by atoms with E-state index in [4.69, 9.17) is 5.73 Å². The van der Waals surface area contributed by atoms with Crippen molar-refractivity contribution in [3.63, 3.8) is 0 Å². The van der Waals surface area contributed by atoms with Crippen LogP contribution in [0.2, 0.25) is 0 Å². The van der Waals surface area contributed by atoms with E-state index in [-0.39, 0.29) is 12.1 Å². The quantitative estimate of drug-likeness (QED) is 0.647. The van der Waals surface area contributed by atoms with E-state index in [1.807, 2.05) is 19.1 Å². The molecule has 4 nitrogen and oxygen atoms in total. The normalized spacial score (nSPS) is 11.3. The number of anilines is 1. The van der Waals surface area contributed by atoms with Gasteiger partial charge in [-0.05, 0) is 52.9 Å². The Bertz CT molecular complexity index is 1130. The average Bonchev–Trinajstić information content (AvgIpc) is 2.72. The molecule has 0 saturated heterocycles. The molecule has 0 unspecified atom stereocenters. The second-order valence-corrected chi connectivity index (χ2v) is 7.20. The third kappa shape index (κ3) is 4.14. The van der Waals surface area contributed by atoms with Crippen molar-refractivity contribution in [1.29, 1.82) is 5.26 Å². The second-order valence-electron chi connectivity index (χ2n) is 7.20. The summed E-state index contributed by atoms with van der Waals surface area (Å²) >= 11 is 0. The van der Waals surface area contributed by atoms with Gasteiger partial charge in [0.1, 0.15) is 11.9 Å². The zero-order chi connectivity index (χ0) is 22.1. The topological polar surface area (TPSA) is 65.9 Å². The number of pyridine rings is 1. The lowest BCUT2D eigenvalue weighted by molar-refractivity contribution is -0.138. The molecule has 3 rings (SSSR count). The highest BCUT2D eigenvalue weighted by Gasteiger charge is 2.33. The maximum Gasteiger partial charge on any atom is 0.416 e. The number of nitrogens with two attached hydrogens (primary N) is 1. The summed E-state index contributed by atoms with van der Waals surface area (Å²) in [6, 6.07) is 13.5. The third-order valence-electron chi connectivity index (χ3n) is 4.93. The second kappa shape index (κ2) is 8.17. The Labute approximate surface area is 173 Å². The number of alkyl halides is 3. The minimum Gasteiger partial charge on any atom is -0.362 e. The average molecular weight is 410 g/mol. The fraction of sp³-hybridized carbons (Fsp3) is 0.217. The SMILES string of the molecule is Cc1ccc(-c2ccc(CN)c(C(F)(F)F)c2)cc1-c1cnc(N(C)C)c(C#N)c1. The predicted octanol–water partition coefficient (Wildman–Crippen LogP) is 5.14. The van der Waals surface area contributed by atoms with Gasteiger partial charge in [-0.3, -0.25) is 0 Å². The highest BCUT2D eigenvalue weighted by Crippen LogP contribution is 2.36. The molecule has 0 saturated carbocycles. The molecule has 1 heterocycles. The molecule has 0 amide bonds. The lowest BCUT2D eigenvalue weighted by Gasteiger charge is -2.16. The zero-order valence-corrected chi connectivity index (χ0v) is 16.9. The molecule has 2 aromatic carbocycles. The monoisotopic (exact) mass is 410 g/mol. The fourth-order valence-corrected chi connectivity index (χ4v) is 3.35. The predicted molar refractivity (Wildman–Crippen MR) is 112 cm³/mol. The molecule has 0 spiro atoms. The van der Waals surface area contributed by atoms with Crippen molar-refractivity contribution in [1.82, 2.24) is 4.98 Å². The smallest absolute Gasteiger partial charge is 0.362 e. The standard InChI is InChI=1S/C23H21F3N4/c1-14-4-5-15(16-6-7-17(11-27)21(10-16)23(24,25)26)9-20(14)19-8-18(12-28)22(29-13-19)30(2)3/h4-10,13H,11,27H2,1-3H3. The molecule has 0 aliphatic rings. The molecule has 154 valence electrons. The van der Waals surface area contributed by atoms with Crippen LogP contribution in [0.5, 0.6) is 0 Å². The van der Waals surface area contributed by atoms with E-state index in [0.29, 0.717) is 22.5 Å². The Balaban J connectivity index is 2.13. The molecule has 1 aromatic heterocycles. The summed E-state index contributed by atoms with van der Waals surface area (Å²) in [6.45, 7) is 1.72.